The van der Waals surface area contributed by atoms with E-state index in [0.29, 0.717) is 5.56 Å². The smallest absolute Gasteiger partial charge is 0.251 e. The lowest BCUT2D eigenvalue weighted by Crippen LogP contribution is -2.26. The summed E-state index contributed by atoms with van der Waals surface area (Å²) in [7, 11) is 0. The van der Waals surface area contributed by atoms with Crippen LogP contribution in [0.25, 0.3) is 0 Å². The topological polar surface area (TPSA) is 29.1 Å². The van der Waals surface area contributed by atoms with Crippen LogP contribution in [0.15, 0.2) is 53.0 Å². The van der Waals surface area contributed by atoms with E-state index in [2.05, 4.69) is 21.2 Å². The number of nitrogens with one attached hydrogen (secondary N) is 1. The zero-order valence-electron chi connectivity index (χ0n) is 10.4. The van der Waals surface area contributed by atoms with E-state index in [1.165, 1.54) is 12.1 Å². The molecule has 98 valence electrons. The average molecular weight is 322 g/mol. The fourth-order valence-corrected chi connectivity index (χ4v) is 2.17. The van der Waals surface area contributed by atoms with Gasteiger partial charge >= 0.3 is 0 Å². The third kappa shape index (κ3) is 3.64. The molecule has 19 heavy (non-hydrogen) atoms. The summed E-state index contributed by atoms with van der Waals surface area (Å²) in [5.74, 6) is -0.487. The zero-order chi connectivity index (χ0) is 13.8. The second-order valence-corrected chi connectivity index (χ2v) is 5.18. The Hall–Kier alpha value is -1.68. The number of carbonyl (C=O) groups excluding carboxylic acids is 1. The minimum Gasteiger partial charge on any atom is -0.346 e. The Balaban J connectivity index is 2.11. The van der Waals surface area contributed by atoms with Crippen LogP contribution >= 0.6 is 15.9 Å². The van der Waals surface area contributed by atoms with Crippen LogP contribution in [0.3, 0.4) is 0 Å². The summed E-state index contributed by atoms with van der Waals surface area (Å²) in [5, 5.41) is 2.84. The van der Waals surface area contributed by atoms with Crippen molar-refractivity contribution in [1.29, 1.82) is 0 Å². The number of halogens is 2. The van der Waals surface area contributed by atoms with E-state index in [-0.39, 0.29) is 17.8 Å². The number of hydrogen-bond donors (Lipinski definition) is 1. The SMILES string of the molecule is CC(NC(=O)c1cccc(Br)c1)c1cccc(F)c1. The molecule has 2 aromatic carbocycles. The van der Waals surface area contributed by atoms with Crippen molar-refractivity contribution >= 4 is 21.8 Å². The fourth-order valence-electron chi connectivity index (χ4n) is 1.77. The van der Waals surface area contributed by atoms with Crippen molar-refractivity contribution in [1.82, 2.24) is 5.32 Å². The van der Waals surface area contributed by atoms with Gasteiger partial charge in [-0.3, -0.25) is 4.79 Å². The molecule has 1 amide bonds. The number of rotatable bonds is 3. The van der Waals surface area contributed by atoms with E-state index in [1.54, 1.807) is 30.3 Å². The standard InChI is InChI=1S/C15H13BrFNO/c1-10(11-4-3-7-14(17)9-11)18-15(19)12-5-2-6-13(16)8-12/h2-10H,1H3,(H,18,19). The first kappa shape index (κ1) is 13.7. The highest BCUT2D eigenvalue weighted by atomic mass is 79.9. The van der Waals surface area contributed by atoms with Gasteiger partial charge in [-0.05, 0) is 42.8 Å². The van der Waals surface area contributed by atoms with Gasteiger partial charge < -0.3 is 5.32 Å². The Morgan fingerprint density at radius 1 is 1.21 bits per heavy atom. The largest absolute Gasteiger partial charge is 0.346 e. The van der Waals surface area contributed by atoms with E-state index < -0.39 is 0 Å². The summed E-state index contributed by atoms with van der Waals surface area (Å²) >= 11 is 3.32. The van der Waals surface area contributed by atoms with Crippen LogP contribution in [-0.4, -0.2) is 5.91 Å². The molecule has 0 fully saturated rings. The molecule has 0 saturated carbocycles. The molecule has 1 atom stereocenters. The zero-order valence-corrected chi connectivity index (χ0v) is 11.9. The monoisotopic (exact) mass is 321 g/mol. The van der Waals surface area contributed by atoms with Crippen LogP contribution in [0.1, 0.15) is 28.9 Å². The second-order valence-electron chi connectivity index (χ2n) is 4.26. The number of hydrogen-bond acceptors (Lipinski definition) is 1. The summed E-state index contributed by atoms with van der Waals surface area (Å²) < 4.78 is 14.0. The van der Waals surface area contributed by atoms with Crippen LogP contribution < -0.4 is 5.32 Å². The fraction of sp³-hybridized carbons (Fsp3) is 0.133. The van der Waals surface area contributed by atoms with Gasteiger partial charge in [-0.25, -0.2) is 4.39 Å². The number of amides is 1. The second kappa shape index (κ2) is 5.97. The maximum Gasteiger partial charge on any atom is 0.251 e. The van der Waals surface area contributed by atoms with Gasteiger partial charge in [0.2, 0.25) is 0 Å². The van der Waals surface area contributed by atoms with E-state index in [0.717, 1.165) is 10.0 Å². The normalized spacial score (nSPS) is 11.9. The van der Waals surface area contributed by atoms with Crippen LogP contribution in [0.5, 0.6) is 0 Å². The molecule has 2 rings (SSSR count). The van der Waals surface area contributed by atoms with Gasteiger partial charge in [0.25, 0.3) is 5.91 Å². The van der Waals surface area contributed by atoms with Crippen LogP contribution in [0.4, 0.5) is 4.39 Å². The Kier molecular flexibility index (Phi) is 4.32. The van der Waals surface area contributed by atoms with Gasteiger partial charge in [-0.2, -0.15) is 0 Å². The first-order valence-corrected chi connectivity index (χ1v) is 6.67. The van der Waals surface area contributed by atoms with Crippen molar-refractivity contribution in [2.45, 2.75) is 13.0 Å². The quantitative estimate of drug-likeness (QED) is 0.906. The molecule has 1 unspecified atom stereocenters. The van der Waals surface area contributed by atoms with Crippen molar-refractivity contribution in [3.05, 3.63) is 69.9 Å². The summed E-state index contributed by atoms with van der Waals surface area (Å²) in [6.07, 6.45) is 0. The summed E-state index contributed by atoms with van der Waals surface area (Å²) in [6, 6.07) is 13.1. The first-order chi connectivity index (χ1) is 9.06. The molecule has 0 bridgehead atoms. The molecule has 1 N–H and O–H groups in total. The van der Waals surface area contributed by atoms with E-state index in [4.69, 9.17) is 0 Å². The molecule has 2 aromatic rings. The summed E-state index contributed by atoms with van der Waals surface area (Å²) in [4.78, 5) is 12.0. The molecule has 0 aliphatic carbocycles. The highest BCUT2D eigenvalue weighted by Gasteiger charge is 2.11. The molecular weight excluding hydrogens is 309 g/mol. The third-order valence-corrected chi connectivity index (χ3v) is 3.28. The van der Waals surface area contributed by atoms with E-state index in [1.807, 2.05) is 13.0 Å². The Morgan fingerprint density at radius 3 is 2.63 bits per heavy atom. The molecule has 0 radical (unpaired) electrons. The Labute approximate surface area is 119 Å². The maximum absolute atomic E-state index is 13.1. The van der Waals surface area contributed by atoms with Gasteiger partial charge in [0.1, 0.15) is 5.82 Å². The molecule has 2 nitrogen and oxygen atoms in total. The molecule has 0 spiro atoms. The van der Waals surface area contributed by atoms with Gasteiger partial charge in [-0.1, -0.05) is 34.1 Å². The highest BCUT2D eigenvalue weighted by molar-refractivity contribution is 9.10. The third-order valence-electron chi connectivity index (χ3n) is 2.78. The summed E-state index contributed by atoms with van der Waals surface area (Å²) in [6.45, 7) is 1.82. The van der Waals surface area contributed by atoms with Crippen LogP contribution in [0.2, 0.25) is 0 Å². The molecule has 0 saturated heterocycles. The van der Waals surface area contributed by atoms with Crippen LogP contribution in [-0.2, 0) is 0 Å². The molecule has 4 heteroatoms. The predicted molar refractivity (Wildman–Crippen MR) is 76.4 cm³/mol. The lowest BCUT2D eigenvalue weighted by Gasteiger charge is -2.14. The maximum atomic E-state index is 13.1. The number of benzene rings is 2. The molecule has 0 heterocycles. The molecule has 0 aliphatic heterocycles. The van der Waals surface area contributed by atoms with Gasteiger partial charge in [-0.15, -0.1) is 0 Å². The van der Waals surface area contributed by atoms with Gasteiger partial charge in [0.05, 0.1) is 6.04 Å². The van der Waals surface area contributed by atoms with E-state index >= 15 is 0 Å². The first-order valence-electron chi connectivity index (χ1n) is 5.88. The molecular formula is C15H13BrFNO. The molecule has 0 aliphatic rings. The van der Waals surface area contributed by atoms with Crippen molar-refractivity contribution in [3.63, 3.8) is 0 Å². The lowest BCUT2D eigenvalue weighted by atomic mass is 10.1. The highest BCUT2D eigenvalue weighted by Crippen LogP contribution is 2.16. The summed E-state index contributed by atoms with van der Waals surface area (Å²) in [5.41, 5.74) is 1.31. The number of carbonyl (C=O) groups is 1. The Bertz CT molecular complexity index is 600. The predicted octanol–water partition coefficient (Wildman–Crippen LogP) is 4.08. The lowest BCUT2D eigenvalue weighted by molar-refractivity contribution is 0.0939. The van der Waals surface area contributed by atoms with Crippen molar-refractivity contribution in [2.75, 3.05) is 0 Å². The van der Waals surface area contributed by atoms with Crippen molar-refractivity contribution in [2.24, 2.45) is 0 Å². The Morgan fingerprint density at radius 2 is 1.95 bits per heavy atom. The van der Waals surface area contributed by atoms with Crippen LogP contribution in [0, 0.1) is 5.82 Å². The minimum atomic E-state index is -0.305. The minimum absolute atomic E-state index is 0.182. The van der Waals surface area contributed by atoms with E-state index in [9.17, 15) is 9.18 Å². The van der Waals surface area contributed by atoms with Crippen molar-refractivity contribution in [3.8, 4) is 0 Å². The van der Waals surface area contributed by atoms with Gasteiger partial charge in [0.15, 0.2) is 0 Å². The van der Waals surface area contributed by atoms with Gasteiger partial charge in [0, 0.05) is 10.0 Å². The molecule has 0 aromatic heterocycles. The average Bonchev–Trinajstić information content (AvgIpc) is 2.38. The van der Waals surface area contributed by atoms with Crippen molar-refractivity contribution < 1.29 is 9.18 Å².